The number of aromatic nitrogens is 1. The Morgan fingerprint density at radius 2 is 1.20 bits per heavy atom. The number of aliphatic hydroxyl groups is 1. The first-order chi connectivity index (χ1) is 33.9. The quantitative estimate of drug-likeness (QED) is 0.0180. The number of hydrogen-bond donors (Lipinski definition) is 1. The second-order valence-electron chi connectivity index (χ2n) is 19.3. The Bertz CT molecular complexity index is 2300. The van der Waals surface area contributed by atoms with Gasteiger partial charge in [0.2, 0.25) is 5.13 Å². The molecule has 69 heavy (non-hydrogen) atoms. The maximum absolute atomic E-state index is 13.2. The van der Waals surface area contributed by atoms with Gasteiger partial charge < -0.3 is 24.1 Å². The third-order valence-corrected chi connectivity index (χ3v) is 14.9. The van der Waals surface area contributed by atoms with E-state index in [0.29, 0.717) is 43.1 Å². The highest BCUT2D eigenvalue weighted by Crippen LogP contribution is 2.35. The Morgan fingerprint density at radius 1 is 0.652 bits per heavy atom. The van der Waals surface area contributed by atoms with Crippen LogP contribution in [0.3, 0.4) is 0 Å². The molecule has 0 radical (unpaired) electrons. The van der Waals surface area contributed by atoms with Gasteiger partial charge >= 0.3 is 11.9 Å². The fourth-order valence-corrected chi connectivity index (χ4v) is 10.4. The molecule has 370 valence electrons. The first kappa shape index (κ1) is 51.6. The van der Waals surface area contributed by atoms with Gasteiger partial charge in [0.1, 0.15) is 23.0 Å². The number of benzene rings is 4. The normalized spacial score (nSPS) is 18.3. The van der Waals surface area contributed by atoms with Crippen LogP contribution in [0.25, 0.3) is 10.2 Å². The summed E-state index contributed by atoms with van der Waals surface area (Å²) in [7, 11) is 0. The lowest BCUT2D eigenvalue weighted by atomic mass is 9.82. The van der Waals surface area contributed by atoms with Crippen LogP contribution in [0.1, 0.15) is 146 Å². The highest BCUT2D eigenvalue weighted by molar-refractivity contribution is 7.22. The van der Waals surface area contributed by atoms with Crippen molar-refractivity contribution in [2.75, 3.05) is 31.4 Å². The molecule has 1 N–H and O–H groups in total. The van der Waals surface area contributed by atoms with Gasteiger partial charge in [0.05, 0.1) is 41.5 Å². The fraction of sp³-hybridized carbons (Fsp3) is 0.517. The number of thiazole rings is 1. The van der Waals surface area contributed by atoms with Gasteiger partial charge in [-0.3, -0.25) is 9.59 Å². The predicted molar refractivity (Wildman–Crippen MR) is 279 cm³/mol. The van der Waals surface area contributed by atoms with Gasteiger partial charge in [-0.05, 0) is 167 Å². The van der Waals surface area contributed by atoms with Crippen LogP contribution in [0.4, 0.5) is 5.13 Å². The molecule has 0 unspecified atom stereocenters. The van der Waals surface area contributed by atoms with Gasteiger partial charge in [-0.15, -0.1) is 0 Å². The van der Waals surface area contributed by atoms with E-state index in [2.05, 4.69) is 44.2 Å². The van der Waals surface area contributed by atoms with Gasteiger partial charge in [-0.25, -0.2) is 9.99 Å². The average Bonchev–Trinajstić information content (AvgIpc) is 3.82. The number of hydrogen-bond acceptors (Lipinski definition) is 11. The first-order valence-electron chi connectivity index (χ1n) is 26.2. The number of hydrazone groups is 1. The van der Waals surface area contributed by atoms with E-state index in [1.54, 1.807) is 11.3 Å². The van der Waals surface area contributed by atoms with E-state index in [9.17, 15) is 14.7 Å². The third-order valence-electron chi connectivity index (χ3n) is 13.8. The topological polar surface area (TPSA) is 120 Å². The predicted octanol–water partition coefficient (Wildman–Crippen LogP) is 13.7. The molecule has 0 spiro atoms. The highest BCUT2D eigenvalue weighted by atomic mass is 32.1. The molecule has 5 aromatic rings. The SMILES string of the molecule is CCCCCc1ccc(OC(=O)C2CCC(COc3ccc(OCC4CCC(C(=O)Oc5ccc(CCCCC)cc5)CC4)c(/C=N/N(CCCCCCO)c4nc5ccccc5s4)c3)CC2)cc1. The van der Waals surface area contributed by atoms with Crippen LogP contribution in [0.2, 0.25) is 0 Å². The zero-order chi connectivity index (χ0) is 48.0. The van der Waals surface area contributed by atoms with Crippen molar-refractivity contribution in [3.63, 3.8) is 0 Å². The fourth-order valence-electron chi connectivity index (χ4n) is 9.44. The molecule has 0 bridgehead atoms. The highest BCUT2D eigenvalue weighted by Gasteiger charge is 2.30. The zero-order valence-electron chi connectivity index (χ0n) is 41.2. The second kappa shape index (κ2) is 27.8. The Balaban J connectivity index is 0.962. The Hall–Kier alpha value is -5.26. The van der Waals surface area contributed by atoms with Crippen molar-refractivity contribution < 1.29 is 33.6 Å². The lowest BCUT2D eigenvalue weighted by molar-refractivity contribution is -0.141. The van der Waals surface area contributed by atoms with Crippen molar-refractivity contribution in [2.24, 2.45) is 28.8 Å². The molecular formula is C58H75N3O7S. The van der Waals surface area contributed by atoms with E-state index in [1.807, 2.05) is 71.9 Å². The molecule has 4 aromatic carbocycles. The number of esters is 2. The van der Waals surface area contributed by atoms with E-state index < -0.39 is 0 Å². The molecule has 1 aromatic heterocycles. The molecule has 0 atom stereocenters. The Labute approximate surface area is 414 Å². The van der Waals surface area contributed by atoms with Crippen molar-refractivity contribution in [3.05, 3.63) is 108 Å². The largest absolute Gasteiger partial charge is 0.493 e. The molecule has 2 aliphatic rings. The summed E-state index contributed by atoms with van der Waals surface area (Å²) in [6.07, 6.45) is 21.5. The standard InChI is InChI=1S/C58H75N3O7S/c1-3-5-9-15-43-23-31-50(32-24-43)67-56(63)47-27-19-45(20-28-47)41-65-52-35-36-54(49(39-52)40-59-61(37-13-7-8-14-38-62)58-60-53-17-11-12-18-55(53)69-58)66-42-46-21-29-48(30-22-46)57(64)68-51-33-25-44(26-34-51)16-10-6-4-2/h11-12,17-18,23-26,31-36,39-40,45-48,62H,3-10,13-16,19-22,27-30,37-38,41-42H2,1-2H3/b59-40+. The molecule has 2 aliphatic carbocycles. The lowest BCUT2D eigenvalue weighted by Crippen LogP contribution is -2.28. The number of ether oxygens (including phenoxy) is 4. The van der Waals surface area contributed by atoms with Gasteiger partial charge in [0.15, 0.2) is 0 Å². The minimum Gasteiger partial charge on any atom is -0.493 e. The summed E-state index contributed by atoms with van der Waals surface area (Å²) >= 11 is 1.62. The summed E-state index contributed by atoms with van der Waals surface area (Å²) in [5.41, 5.74) is 4.32. The van der Waals surface area contributed by atoms with Crippen LogP contribution in [0.5, 0.6) is 23.0 Å². The third kappa shape index (κ3) is 16.4. The zero-order valence-corrected chi connectivity index (χ0v) is 42.0. The number of carbonyl (C=O) groups excluding carboxylic acids is 2. The molecular weight excluding hydrogens is 883 g/mol. The number of anilines is 1. The number of para-hydroxylation sites is 1. The molecule has 10 nitrogen and oxygen atoms in total. The van der Waals surface area contributed by atoms with Gasteiger partial charge in [0.25, 0.3) is 0 Å². The molecule has 2 saturated carbocycles. The Morgan fingerprint density at radius 3 is 1.77 bits per heavy atom. The van der Waals surface area contributed by atoms with Crippen LogP contribution >= 0.6 is 11.3 Å². The van der Waals surface area contributed by atoms with Crippen LogP contribution in [-0.2, 0) is 22.4 Å². The molecule has 11 heteroatoms. The van der Waals surface area contributed by atoms with Crippen LogP contribution < -0.4 is 24.0 Å². The van der Waals surface area contributed by atoms with E-state index in [-0.39, 0.29) is 30.4 Å². The van der Waals surface area contributed by atoms with Crippen LogP contribution in [-0.4, -0.2) is 54.6 Å². The van der Waals surface area contributed by atoms with Crippen molar-refractivity contribution in [1.82, 2.24) is 4.98 Å². The first-order valence-corrected chi connectivity index (χ1v) is 27.0. The molecule has 0 aliphatic heterocycles. The van der Waals surface area contributed by atoms with Crippen LogP contribution in [0, 0.1) is 23.7 Å². The van der Waals surface area contributed by atoms with Gasteiger partial charge in [-0.1, -0.05) is 100 Å². The average molecular weight is 958 g/mol. The number of rotatable bonds is 27. The van der Waals surface area contributed by atoms with Crippen molar-refractivity contribution in [2.45, 2.75) is 142 Å². The summed E-state index contributed by atoms with van der Waals surface area (Å²) in [6.45, 7) is 6.40. The summed E-state index contributed by atoms with van der Waals surface area (Å²) in [5, 5.41) is 17.2. The van der Waals surface area contributed by atoms with Crippen LogP contribution in [0.15, 0.2) is 96.1 Å². The molecule has 1 heterocycles. The summed E-state index contributed by atoms with van der Waals surface area (Å²) < 4.78 is 25.9. The number of aryl methyl sites for hydroxylation is 2. The van der Waals surface area contributed by atoms with Gasteiger partial charge in [0, 0.05) is 18.7 Å². The minimum absolute atomic E-state index is 0.107. The van der Waals surface area contributed by atoms with Gasteiger partial charge in [-0.2, -0.15) is 5.10 Å². The van der Waals surface area contributed by atoms with E-state index in [1.165, 1.54) is 49.7 Å². The summed E-state index contributed by atoms with van der Waals surface area (Å²) in [6, 6.07) is 30.1. The van der Waals surface area contributed by atoms with E-state index in [0.717, 1.165) is 122 Å². The minimum atomic E-state index is -0.141. The number of unbranched alkanes of at least 4 members (excludes halogenated alkanes) is 7. The van der Waals surface area contributed by atoms with E-state index >= 15 is 0 Å². The lowest BCUT2D eigenvalue weighted by Gasteiger charge is -2.28. The number of fused-ring (bicyclic) bond motifs is 1. The monoisotopic (exact) mass is 958 g/mol. The number of carbonyl (C=O) groups is 2. The molecule has 0 amide bonds. The van der Waals surface area contributed by atoms with Crippen molar-refractivity contribution >= 4 is 44.8 Å². The molecule has 2 fully saturated rings. The smallest absolute Gasteiger partial charge is 0.314 e. The van der Waals surface area contributed by atoms with Crippen molar-refractivity contribution in [1.29, 1.82) is 0 Å². The molecule has 0 saturated heterocycles. The molecule has 7 rings (SSSR count). The summed E-state index contributed by atoms with van der Waals surface area (Å²) in [4.78, 5) is 31.3. The maximum atomic E-state index is 13.2. The Kier molecular flexibility index (Phi) is 20.8. The number of aliphatic hydroxyl groups excluding tert-OH is 1. The van der Waals surface area contributed by atoms with E-state index in [4.69, 9.17) is 29.0 Å². The number of nitrogens with zero attached hydrogens (tertiary/aromatic N) is 3. The summed E-state index contributed by atoms with van der Waals surface area (Å²) in [5.74, 6) is 2.85. The van der Waals surface area contributed by atoms with Crippen molar-refractivity contribution in [3.8, 4) is 23.0 Å². The maximum Gasteiger partial charge on any atom is 0.314 e. The second-order valence-corrected chi connectivity index (χ2v) is 20.3.